The van der Waals surface area contributed by atoms with E-state index in [9.17, 15) is 4.79 Å². The molecule has 0 radical (unpaired) electrons. The Morgan fingerprint density at radius 1 is 1.35 bits per heavy atom. The first-order valence-electron chi connectivity index (χ1n) is 5.79. The predicted molar refractivity (Wildman–Crippen MR) is 80.5 cm³/mol. The summed E-state index contributed by atoms with van der Waals surface area (Å²) in [6.07, 6.45) is 1.61. The van der Waals surface area contributed by atoms with E-state index in [1.165, 1.54) is 0 Å². The number of nitrogens with one attached hydrogen (secondary N) is 2. The van der Waals surface area contributed by atoms with Crippen molar-refractivity contribution in [3.8, 4) is 6.07 Å². The molecule has 1 aromatic heterocycles. The Morgan fingerprint density at radius 2 is 2.15 bits per heavy atom. The molecule has 0 atom stereocenters. The Hall–Kier alpha value is -2.39. The monoisotopic (exact) mass is 330 g/mol. The Bertz CT molecular complexity index is 694. The van der Waals surface area contributed by atoms with Gasteiger partial charge in [0.15, 0.2) is 0 Å². The zero-order valence-electron chi connectivity index (χ0n) is 10.6. The van der Waals surface area contributed by atoms with Crippen LogP contribution in [0.1, 0.15) is 11.1 Å². The highest BCUT2D eigenvalue weighted by Crippen LogP contribution is 2.17. The minimum atomic E-state index is -0.405. The predicted octanol–water partition coefficient (Wildman–Crippen LogP) is 3.67. The van der Waals surface area contributed by atoms with Crippen molar-refractivity contribution in [1.29, 1.82) is 5.26 Å². The minimum Gasteiger partial charge on any atom is -0.308 e. The van der Waals surface area contributed by atoms with Gasteiger partial charge < -0.3 is 5.32 Å². The van der Waals surface area contributed by atoms with Gasteiger partial charge >= 0.3 is 6.03 Å². The van der Waals surface area contributed by atoms with Gasteiger partial charge in [0.25, 0.3) is 0 Å². The number of nitrogens with zero attached hydrogens (tertiary/aromatic N) is 2. The number of aromatic nitrogens is 1. The fourth-order valence-corrected chi connectivity index (χ4v) is 2.05. The zero-order valence-corrected chi connectivity index (χ0v) is 12.2. The summed E-state index contributed by atoms with van der Waals surface area (Å²) in [5.41, 5.74) is 1.89. The van der Waals surface area contributed by atoms with Gasteiger partial charge in [0, 0.05) is 16.4 Å². The fourth-order valence-electron chi connectivity index (χ4n) is 1.61. The Balaban J connectivity index is 2.07. The van der Waals surface area contributed by atoms with E-state index in [1.807, 2.05) is 19.1 Å². The summed E-state index contributed by atoms with van der Waals surface area (Å²) in [5.74, 6) is 0.488. The maximum Gasteiger partial charge on any atom is 0.324 e. The van der Waals surface area contributed by atoms with Crippen LogP contribution in [-0.4, -0.2) is 11.0 Å². The topological polar surface area (TPSA) is 77.8 Å². The van der Waals surface area contributed by atoms with Crippen LogP contribution in [0.5, 0.6) is 0 Å². The van der Waals surface area contributed by atoms with Gasteiger partial charge in [0.1, 0.15) is 5.82 Å². The number of halogens is 1. The lowest BCUT2D eigenvalue weighted by molar-refractivity contribution is 0.262. The Morgan fingerprint density at radius 3 is 2.85 bits per heavy atom. The standard InChI is InChI=1S/C14H11BrN4O/c1-9-5-11(15)8-17-13(9)19-14(20)18-12-4-2-3-10(6-12)7-16/h2-6,8H,1H3,(H2,17,18,19,20). The van der Waals surface area contributed by atoms with Gasteiger partial charge in [0.2, 0.25) is 0 Å². The lowest BCUT2D eigenvalue weighted by Gasteiger charge is -2.09. The largest absolute Gasteiger partial charge is 0.324 e. The van der Waals surface area contributed by atoms with E-state index >= 15 is 0 Å². The molecule has 0 aliphatic rings. The molecular weight excluding hydrogens is 320 g/mol. The minimum absolute atomic E-state index is 0.405. The molecule has 2 rings (SSSR count). The van der Waals surface area contributed by atoms with Crippen LogP contribution in [0.4, 0.5) is 16.3 Å². The number of aryl methyl sites for hydroxylation is 1. The summed E-state index contributed by atoms with van der Waals surface area (Å²) >= 11 is 3.31. The summed E-state index contributed by atoms with van der Waals surface area (Å²) in [4.78, 5) is 16.0. The molecule has 20 heavy (non-hydrogen) atoms. The van der Waals surface area contributed by atoms with E-state index < -0.39 is 6.03 Å². The molecule has 100 valence electrons. The van der Waals surface area contributed by atoms with Crippen molar-refractivity contribution in [3.63, 3.8) is 0 Å². The van der Waals surface area contributed by atoms with Crippen LogP contribution in [0.2, 0.25) is 0 Å². The van der Waals surface area contributed by atoms with E-state index in [0.29, 0.717) is 17.1 Å². The Kier molecular flexibility index (Phi) is 4.33. The first-order chi connectivity index (χ1) is 9.58. The SMILES string of the molecule is Cc1cc(Br)cnc1NC(=O)Nc1cccc(C#N)c1. The van der Waals surface area contributed by atoms with Crippen LogP contribution < -0.4 is 10.6 Å². The van der Waals surface area contributed by atoms with E-state index in [-0.39, 0.29) is 0 Å². The third kappa shape index (κ3) is 3.56. The average molecular weight is 331 g/mol. The van der Waals surface area contributed by atoms with Gasteiger partial charge in [-0.05, 0) is 52.7 Å². The first kappa shape index (κ1) is 14.0. The zero-order chi connectivity index (χ0) is 14.5. The van der Waals surface area contributed by atoms with Gasteiger partial charge in [0.05, 0.1) is 11.6 Å². The molecule has 0 saturated heterocycles. The lowest BCUT2D eigenvalue weighted by atomic mass is 10.2. The number of nitriles is 1. The quantitative estimate of drug-likeness (QED) is 0.881. The number of urea groups is 1. The second kappa shape index (κ2) is 6.17. The van der Waals surface area contributed by atoms with Crippen LogP contribution in [0.25, 0.3) is 0 Å². The molecule has 1 aromatic carbocycles. The smallest absolute Gasteiger partial charge is 0.308 e. The molecule has 0 spiro atoms. The molecule has 2 amide bonds. The first-order valence-corrected chi connectivity index (χ1v) is 6.58. The molecule has 5 nitrogen and oxygen atoms in total. The van der Waals surface area contributed by atoms with Gasteiger partial charge in [-0.2, -0.15) is 5.26 Å². The summed E-state index contributed by atoms with van der Waals surface area (Å²) < 4.78 is 0.850. The van der Waals surface area contributed by atoms with Crippen molar-refractivity contribution in [1.82, 2.24) is 4.98 Å². The van der Waals surface area contributed by atoms with Crippen molar-refractivity contribution in [2.45, 2.75) is 6.92 Å². The number of hydrogen-bond donors (Lipinski definition) is 2. The second-order valence-electron chi connectivity index (χ2n) is 4.09. The number of carbonyl (C=O) groups excluding carboxylic acids is 1. The van der Waals surface area contributed by atoms with E-state index in [2.05, 4.69) is 31.5 Å². The van der Waals surface area contributed by atoms with Gasteiger partial charge in [-0.3, -0.25) is 5.32 Å². The van der Waals surface area contributed by atoms with E-state index in [4.69, 9.17) is 5.26 Å². The van der Waals surface area contributed by atoms with Crippen LogP contribution >= 0.6 is 15.9 Å². The number of benzene rings is 1. The van der Waals surface area contributed by atoms with Gasteiger partial charge in [-0.25, -0.2) is 9.78 Å². The highest BCUT2D eigenvalue weighted by atomic mass is 79.9. The van der Waals surface area contributed by atoms with Crippen molar-refractivity contribution in [2.75, 3.05) is 10.6 Å². The Labute approximate surface area is 124 Å². The number of hydrogen-bond acceptors (Lipinski definition) is 3. The number of anilines is 2. The molecule has 0 unspecified atom stereocenters. The molecule has 2 N–H and O–H groups in total. The molecule has 2 aromatic rings. The third-order valence-corrected chi connectivity index (χ3v) is 2.96. The van der Waals surface area contributed by atoms with E-state index in [0.717, 1.165) is 10.0 Å². The van der Waals surface area contributed by atoms with Crippen molar-refractivity contribution in [2.24, 2.45) is 0 Å². The number of rotatable bonds is 2. The fraction of sp³-hybridized carbons (Fsp3) is 0.0714. The van der Waals surface area contributed by atoms with Crippen molar-refractivity contribution in [3.05, 3.63) is 52.1 Å². The summed E-state index contributed by atoms with van der Waals surface area (Å²) in [5, 5.41) is 14.1. The highest BCUT2D eigenvalue weighted by molar-refractivity contribution is 9.10. The van der Waals surface area contributed by atoms with E-state index in [1.54, 1.807) is 30.5 Å². The molecule has 0 saturated carbocycles. The lowest BCUT2D eigenvalue weighted by Crippen LogP contribution is -2.20. The van der Waals surface area contributed by atoms with Crippen LogP contribution in [0.15, 0.2) is 41.0 Å². The molecule has 0 bridgehead atoms. The molecule has 6 heteroatoms. The second-order valence-corrected chi connectivity index (χ2v) is 5.01. The van der Waals surface area contributed by atoms with Crippen molar-refractivity contribution < 1.29 is 4.79 Å². The van der Waals surface area contributed by atoms with Gasteiger partial charge in [-0.15, -0.1) is 0 Å². The number of carbonyl (C=O) groups is 1. The normalized spacial score (nSPS) is 9.65. The summed E-state index contributed by atoms with van der Waals surface area (Å²) in [6.45, 7) is 1.85. The summed E-state index contributed by atoms with van der Waals surface area (Å²) in [6, 6.07) is 10.2. The van der Waals surface area contributed by atoms with Crippen LogP contribution in [0, 0.1) is 18.3 Å². The third-order valence-electron chi connectivity index (χ3n) is 2.53. The van der Waals surface area contributed by atoms with Crippen LogP contribution in [0.3, 0.4) is 0 Å². The maximum absolute atomic E-state index is 11.9. The van der Waals surface area contributed by atoms with Gasteiger partial charge in [-0.1, -0.05) is 6.07 Å². The average Bonchev–Trinajstić information content (AvgIpc) is 2.42. The van der Waals surface area contributed by atoms with Crippen LogP contribution in [-0.2, 0) is 0 Å². The molecule has 0 fully saturated rings. The molecular formula is C14H11BrN4O. The molecule has 1 heterocycles. The summed E-state index contributed by atoms with van der Waals surface area (Å²) in [7, 11) is 0. The molecule has 0 aliphatic carbocycles. The van der Waals surface area contributed by atoms with Crippen molar-refractivity contribution >= 4 is 33.5 Å². The molecule has 0 aliphatic heterocycles. The highest BCUT2D eigenvalue weighted by Gasteiger charge is 2.06. The maximum atomic E-state index is 11.9. The number of amides is 2. The number of pyridine rings is 1.